The third-order valence-electron chi connectivity index (χ3n) is 8.72. The summed E-state index contributed by atoms with van der Waals surface area (Å²) in [5, 5.41) is 18.5. The highest BCUT2D eigenvalue weighted by molar-refractivity contribution is 7.89. The van der Waals surface area contributed by atoms with Crippen molar-refractivity contribution >= 4 is 38.6 Å². The van der Waals surface area contributed by atoms with Crippen LogP contribution < -0.4 is 16.4 Å². The second-order valence-corrected chi connectivity index (χ2v) is 13.4. The molecule has 0 atom stereocenters. The van der Waals surface area contributed by atoms with Gasteiger partial charge in [0.1, 0.15) is 0 Å². The maximum Gasteiger partial charge on any atom is 0.289 e. The number of nitrogens with two attached hydrogens (primary N) is 1. The van der Waals surface area contributed by atoms with E-state index in [0.717, 1.165) is 44.2 Å². The molecule has 0 unspecified atom stereocenters. The Hall–Kier alpha value is -3.36. The number of anilines is 2. The predicted molar refractivity (Wildman–Crippen MR) is 155 cm³/mol. The highest BCUT2D eigenvalue weighted by Crippen LogP contribution is 2.34. The number of nitrogens with zero attached hydrogens (tertiary/aromatic N) is 6. The van der Waals surface area contributed by atoms with E-state index in [4.69, 9.17) is 20.7 Å². The number of rotatable bonds is 8. The van der Waals surface area contributed by atoms with Gasteiger partial charge in [0.05, 0.1) is 11.3 Å². The minimum absolute atomic E-state index is 0.0394. The summed E-state index contributed by atoms with van der Waals surface area (Å²) in [6.07, 6.45) is 11.4. The molecular weight excluding hydrogens is 546 g/mol. The van der Waals surface area contributed by atoms with E-state index >= 15 is 0 Å². The topological polar surface area (TPSA) is 174 Å². The molecule has 220 valence electrons. The van der Waals surface area contributed by atoms with E-state index in [1.54, 1.807) is 0 Å². The monoisotopic (exact) mass is 583 g/mol. The van der Waals surface area contributed by atoms with Crippen molar-refractivity contribution in [2.24, 2.45) is 5.73 Å². The number of hydrogen-bond donors (Lipinski definition) is 3. The van der Waals surface area contributed by atoms with Crippen molar-refractivity contribution in [3.05, 3.63) is 40.7 Å². The van der Waals surface area contributed by atoms with Crippen LogP contribution >= 0.6 is 0 Å². The van der Waals surface area contributed by atoms with Crippen molar-refractivity contribution < 1.29 is 13.3 Å². The van der Waals surface area contributed by atoms with Crippen LogP contribution in [-0.4, -0.2) is 68.4 Å². The molecule has 14 heteroatoms. The maximum atomic E-state index is 13.3. The molecule has 2 saturated carbocycles. The number of benzene rings is 1. The van der Waals surface area contributed by atoms with Crippen LogP contribution in [0.2, 0.25) is 0 Å². The molecule has 0 amide bonds. The molecule has 13 nitrogen and oxygen atoms in total. The number of nitro groups is 1. The van der Waals surface area contributed by atoms with Crippen molar-refractivity contribution in [1.29, 1.82) is 0 Å². The fraction of sp³-hybridized carbons (Fsp3) is 0.593. The quantitative estimate of drug-likeness (QED) is 0.261. The molecule has 1 aliphatic heterocycles. The van der Waals surface area contributed by atoms with Gasteiger partial charge in [-0.3, -0.25) is 10.1 Å². The zero-order valence-corrected chi connectivity index (χ0v) is 23.8. The van der Waals surface area contributed by atoms with Crippen molar-refractivity contribution in [3.8, 4) is 0 Å². The molecule has 3 aliphatic rings. The Morgan fingerprint density at radius 1 is 0.927 bits per heavy atom. The van der Waals surface area contributed by atoms with E-state index in [9.17, 15) is 18.5 Å². The molecule has 0 bridgehead atoms. The fourth-order valence-electron chi connectivity index (χ4n) is 6.38. The van der Waals surface area contributed by atoms with Crippen LogP contribution in [0.3, 0.4) is 0 Å². The van der Waals surface area contributed by atoms with Gasteiger partial charge in [0.2, 0.25) is 16.0 Å². The second kappa shape index (κ2) is 11.5. The summed E-state index contributed by atoms with van der Waals surface area (Å²) in [4.78, 5) is 25.0. The molecule has 3 fully saturated rings. The number of hydrogen-bond acceptors (Lipinski definition) is 10. The Labute approximate surface area is 239 Å². The van der Waals surface area contributed by atoms with Gasteiger partial charge in [-0.15, -0.1) is 0 Å². The maximum absolute atomic E-state index is 13.3. The Bertz CT molecular complexity index is 1510. The molecular formula is C27H37N9O4S. The molecule has 41 heavy (non-hydrogen) atoms. The molecule has 6 rings (SSSR count). The number of nitrogens with one attached hydrogen (secondary N) is 2. The van der Waals surface area contributed by atoms with E-state index < -0.39 is 20.6 Å². The summed E-state index contributed by atoms with van der Waals surface area (Å²) in [6.45, 7) is 0.481. The van der Waals surface area contributed by atoms with Gasteiger partial charge in [-0.2, -0.15) is 14.3 Å². The van der Waals surface area contributed by atoms with Crippen LogP contribution in [0.25, 0.3) is 11.2 Å². The molecule has 0 spiro atoms. The Morgan fingerprint density at radius 2 is 1.61 bits per heavy atom. The van der Waals surface area contributed by atoms with Crippen LogP contribution in [0.15, 0.2) is 35.5 Å². The lowest BCUT2D eigenvalue weighted by molar-refractivity contribution is -0.387. The summed E-state index contributed by atoms with van der Waals surface area (Å²) >= 11 is 0. The van der Waals surface area contributed by atoms with Gasteiger partial charge in [-0.25, -0.2) is 13.4 Å². The molecule has 0 radical (unpaired) electrons. The smallest absolute Gasteiger partial charge is 0.289 e. The first-order valence-corrected chi connectivity index (χ1v) is 16.0. The van der Waals surface area contributed by atoms with Gasteiger partial charge < -0.3 is 20.9 Å². The summed E-state index contributed by atoms with van der Waals surface area (Å²) < 4.78 is 30.1. The lowest BCUT2D eigenvalue weighted by Crippen LogP contribution is -2.42. The van der Waals surface area contributed by atoms with E-state index in [-0.39, 0.29) is 36.1 Å². The number of sulfonamides is 1. The lowest BCUT2D eigenvalue weighted by Gasteiger charge is -2.32. The molecule has 1 aromatic carbocycles. The Balaban J connectivity index is 1.21. The Morgan fingerprint density at radius 3 is 2.32 bits per heavy atom. The van der Waals surface area contributed by atoms with Gasteiger partial charge >= 0.3 is 0 Å². The first-order valence-electron chi connectivity index (χ1n) is 14.6. The fourth-order valence-corrected chi connectivity index (χ4v) is 8.00. The highest BCUT2D eigenvalue weighted by Gasteiger charge is 2.34. The summed E-state index contributed by atoms with van der Waals surface area (Å²) in [7, 11) is -4.00. The Kier molecular flexibility index (Phi) is 7.79. The molecule has 1 saturated heterocycles. The van der Waals surface area contributed by atoms with E-state index in [2.05, 4.69) is 15.2 Å². The standard InChI is InChI=1S/C27H37N9O4S/c28-18-9-11-19(12-10-18)31-27-32-25(24-26(33-27)35(17-29-24)21-5-1-2-6-21)30-20-13-15-34(16-14-20)41(39,40)23-8-4-3-7-22(23)36(37)38/h3-4,7-8,17-21H,1-2,5-6,9-16,28H2,(H2,30,31,32,33). The van der Waals surface area contributed by atoms with Crippen LogP contribution in [0.1, 0.15) is 70.3 Å². The van der Waals surface area contributed by atoms with Crippen LogP contribution in [0.4, 0.5) is 17.5 Å². The van der Waals surface area contributed by atoms with Crippen molar-refractivity contribution in [2.45, 2.75) is 93.3 Å². The lowest BCUT2D eigenvalue weighted by atomic mass is 9.92. The van der Waals surface area contributed by atoms with Crippen molar-refractivity contribution in [1.82, 2.24) is 23.8 Å². The van der Waals surface area contributed by atoms with E-state index in [1.807, 2.05) is 6.33 Å². The average Bonchev–Trinajstić information content (AvgIpc) is 3.65. The third-order valence-corrected chi connectivity index (χ3v) is 10.7. The van der Waals surface area contributed by atoms with Gasteiger partial charge in [0, 0.05) is 43.3 Å². The van der Waals surface area contributed by atoms with Crippen LogP contribution in [0, 0.1) is 10.1 Å². The van der Waals surface area contributed by atoms with E-state index in [0.29, 0.717) is 36.2 Å². The average molecular weight is 584 g/mol. The largest absolute Gasteiger partial charge is 0.365 e. The van der Waals surface area contributed by atoms with Crippen LogP contribution in [0.5, 0.6) is 0 Å². The first-order chi connectivity index (χ1) is 19.8. The zero-order chi connectivity index (χ0) is 28.6. The highest BCUT2D eigenvalue weighted by atomic mass is 32.2. The molecule has 3 heterocycles. The first kappa shape index (κ1) is 27.8. The number of aromatic nitrogens is 4. The van der Waals surface area contributed by atoms with Crippen LogP contribution in [-0.2, 0) is 10.0 Å². The number of imidazole rings is 1. The number of para-hydroxylation sites is 1. The summed E-state index contributed by atoms with van der Waals surface area (Å²) in [6, 6.07) is 6.34. The van der Waals surface area contributed by atoms with Gasteiger partial charge in [0.25, 0.3) is 5.69 Å². The van der Waals surface area contributed by atoms with Crippen molar-refractivity contribution in [2.75, 3.05) is 23.7 Å². The van der Waals surface area contributed by atoms with Gasteiger partial charge in [-0.05, 0) is 57.4 Å². The summed E-state index contributed by atoms with van der Waals surface area (Å²) in [5.74, 6) is 1.21. The number of piperidine rings is 1. The minimum Gasteiger partial charge on any atom is -0.365 e. The molecule has 3 aromatic rings. The molecule has 2 aliphatic carbocycles. The molecule has 2 aromatic heterocycles. The SMILES string of the molecule is NC1CCC(Nc2nc(NC3CCN(S(=O)(=O)c4ccccc4[N+](=O)[O-])CC3)c3ncn(C4CCCC4)c3n2)CC1. The van der Waals surface area contributed by atoms with Gasteiger partial charge in [-0.1, -0.05) is 25.0 Å². The minimum atomic E-state index is -4.00. The normalized spacial score (nSPS) is 23.1. The van der Waals surface area contributed by atoms with E-state index in [1.165, 1.54) is 41.4 Å². The third kappa shape index (κ3) is 5.72. The van der Waals surface area contributed by atoms with Crippen molar-refractivity contribution in [3.63, 3.8) is 0 Å². The summed E-state index contributed by atoms with van der Waals surface area (Å²) in [5.41, 5.74) is 7.22. The predicted octanol–water partition coefficient (Wildman–Crippen LogP) is 3.80. The second-order valence-electron chi connectivity index (χ2n) is 11.5. The molecule has 4 N–H and O–H groups in total. The zero-order valence-electron chi connectivity index (χ0n) is 23.0. The van der Waals surface area contributed by atoms with Gasteiger partial charge in [0.15, 0.2) is 21.9 Å². The number of fused-ring (bicyclic) bond motifs is 1. The number of nitro benzene ring substituents is 1.